The molecule has 2 heterocycles. The SMILES string of the molecule is CC(Nc1ncnc2scc(Cl)c12)c1ccc(OCc2ccccc2)cc1. The highest BCUT2D eigenvalue weighted by Gasteiger charge is 2.13. The lowest BCUT2D eigenvalue weighted by Gasteiger charge is -2.16. The van der Waals surface area contributed by atoms with E-state index >= 15 is 0 Å². The minimum absolute atomic E-state index is 0.0715. The molecule has 1 unspecified atom stereocenters. The Kier molecular flexibility index (Phi) is 5.23. The third-order valence-corrected chi connectivity index (χ3v) is 5.62. The van der Waals surface area contributed by atoms with Crippen LogP contribution in [0.25, 0.3) is 10.2 Å². The summed E-state index contributed by atoms with van der Waals surface area (Å²) in [6.07, 6.45) is 1.56. The molecule has 2 aromatic carbocycles. The molecule has 0 bridgehead atoms. The molecule has 2 aromatic heterocycles. The zero-order valence-electron chi connectivity index (χ0n) is 14.7. The van der Waals surface area contributed by atoms with Crippen LogP contribution in [-0.2, 0) is 6.61 Å². The van der Waals surface area contributed by atoms with E-state index in [1.54, 1.807) is 6.33 Å². The number of nitrogens with one attached hydrogen (secondary N) is 1. The molecule has 0 spiro atoms. The van der Waals surface area contributed by atoms with Gasteiger partial charge in [0.05, 0.1) is 10.4 Å². The van der Waals surface area contributed by atoms with Gasteiger partial charge in [0.25, 0.3) is 0 Å². The molecule has 27 heavy (non-hydrogen) atoms. The van der Waals surface area contributed by atoms with Gasteiger partial charge in [0.15, 0.2) is 0 Å². The first-order valence-corrected chi connectivity index (χ1v) is 9.87. The molecule has 0 amide bonds. The highest BCUT2D eigenvalue weighted by molar-refractivity contribution is 7.17. The van der Waals surface area contributed by atoms with Gasteiger partial charge in [-0.1, -0.05) is 54.1 Å². The first kappa shape index (κ1) is 17.8. The van der Waals surface area contributed by atoms with Gasteiger partial charge in [-0.3, -0.25) is 0 Å². The van der Waals surface area contributed by atoms with E-state index in [1.165, 1.54) is 11.3 Å². The minimum Gasteiger partial charge on any atom is -0.489 e. The van der Waals surface area contributed by atoms with Gasteiger partial charge >= 0.3 is 0 Å². The zero-order valence-corrected chi connectivity index (χ0v) is 16.3. The number of thiophene rings is 1. The van der Waals surface area contributed by atoms with Crippen LogP contribution in [0.2, 0.25) is 5.02 Å². The molecule has 0 saturated carbocycles. The van der Waals surface area contributed by atoms with E-state index in [1.807, 2.05) is 35.7 Å². The maximum atomic E-state index is 6.29. The summed E-state index contributed by atoms with van der Waals surface area (Å²) < 4.78 is 5.85. The standard InChI is InChI=1S/C21H18ClN3OS/c1-14(25-20-19-18(22)12-27-21(19)24-13-23-20)16-7-9-17(10-8-16)26-11-15-5-3-2-4-6-15/h2-10,12-14H,11H2,1H3,(H,23,24,25). The molecule has 6 heteroatoms. The molecule has 0 saturated heterocycles. The maximum Gasteiger partial charge on any atom is 0.140 e. The summed E-state index contributed by atoms with van der Waals surface area (Å²) in [5, 5.41) is 6.87. The second-order valence-electron chi connectivity index (χ2n) is 6.20. The van der Waals surface area contributed by atoms with Crippen molar-refractivity contribution in [3.63, 3.8) is 0 Å². The molecular weight excluding hydrogens is 378 g/mol. The summed E-state index contributed by atoms with van der Waals surface area (Å²) in [7, 11) is 0. The first-order valence-electron chi connectivity index (χ1n) is 8.61. The van der Waals surface area contributed by atoms with Crippen molar-refractivity contribution in [1.82, 2.24) is 9.97 Å². The zero-order chi connectivity index (χ0) is 18.6. The number of hydrogen-bond donors (Lipinski definition) is 1. The van der Waals surface area contributed by atoms with Crippen molar-refractivity contribution in [2.75, 3.05) is 5.32 Å². The van der Waals surface area contributed by atoms with Crippen LogP contribution in [0.5, 0.6) is 5.75 Å². The molecule has 0 radical (unpaired) electrons. The normalized spacial score (nSPS) is 12.1. The fourth-order valence-corrected chi connectivity index (χ4v) is 3.97. The molecular formula is C21H18ClN3OS. The lowest BCUT2D eigenvalue weighted by Crippen LogP contribution is -2.08. The van der Waals surface area contributed by atoms with Crippen molar-refractivity contribution in [3.8, 4) is 5.75 Å². The van der Waals surface area contributed by atoms with Gasteiger partial charge in [-0.2, -0.15) is 0 Å². The van der Waals surface area contributed by atoms with Crippen LogP contribution in [0.4, 0.5) is 5.82 Å². The molecule has 1 atom stereocenters. The van der Waals surface area contributed by atoms with Gasteiger partial charge < -0.3 is 10.1 Å². The largest absolute Gasteiger partial charge is 0.489 e. The third kappa shape index (κ3) is 4.04. The lowest BCUT2D eigenvalue weighted by atomic mass is 10.1. The predicted octanol–water partition coefficient (Wildman–Crippen LogP) is 6.10. The summed E-state index contributed by atoms with van der Waals surface area (Å²) in [5.41, 5.74) is 2.29. The molecule has 1 N–H and O–H groups in total. The number of halogens is 1. The Morgan fingerprint density at radius 2 is 1.85 bits per heavy atom. The van der Waals surface area contributed by atoms with Gasteiger partial charge in [0, 0.05) is 11.4 Å². The van der Waals surface area contributed by atoms with Crippen LogP contribution in [0.15, 0.2) is 66.3 Å². The van der Waals surface area contributed by atoms with Gasteiger partial charge in [-0.15, -0.1) is 11.3 Å². The molecule has 0 fully saturated rings. The average molecular weight is 396 g/mol. The number of anilines is 1. The summed E-state index contributed by atoms with van der Waals surface area (Å²) in [5.74, 6) is 1.60. The molecule has 0 aliphatic carbocycles. The maximum absolute atomic E-state index is 6.29. The van der Waals surface area contributed by atoms with Crippen LogP contribution < -0.4 is 10.1 Å². The molecule has 4 nitrogen and oxygen atoms in total. The summed E-state index contributed by atoms with van der Waals surface area (Å²) in [6, 6.07) is 18.3. The second kappa shape index (κ2) is 7.94. The Hall–Kier alpha value is -2.63. The third-order valence-electron chi connectivity index (χ3n) is 4.31. The van der Waals surface area contributed by atoms with E-state index in [9.17, 15) is 0 Å². The van der Waals surface area contributed by atoms with E-state index in [0.717, 1.165) is 32.9 Å². The number of aromatic nitrogens is 2. The summed E-state index contributed by atoms with van der Waals surface area (Å²) >= 11 is 7.80. The van der Waals surface area contributed by atoms with Crippen molar-refractivity contribution in [1.29, 1.82) is 0 Å². The fraction of sp³-hybridized carbons (Fsp3) is 0.143. The second-order valence-corrected chi connectivity index (χ2v) is 7.46. The van der Waals surface area contributed by atoms with Gasteiger partial charge in [-0.25, -0.2) is 9.97 Å². The smallest absolute Gasteiger partial charge is 0.140 e. The van der Waals surface area contributed by atoms with Gasteiger partial charge in [-0.05, 0) is 30.2 Å². The fourth-order valence-electron chi connectivity index (χ4n) is 2.83. The Balaban J connectivity index is 1.44. The van der Waals surface area contributed by atoms with E-state index < -0.39 is 0 Å². The number of fused-ring (bicyclic) bond motifs is 1. The van der Waals surface area contributed by atoms with Gasteiger partial charge in [0.2, 0.25) is 0 Å². The number of benzene rings is 2. The monoisotopic (exact) mass is 395 g/mol. The molecule has 136 valence electrons. The van der Waals surface area contributed by atoms with E-state index in [-0.39, 0.29) is 6.04 Å². The van der Waals surface area contributed by atoms with Crippen molar-refractivity contribution in [2.45, 2.75) is 19.6 Å². The van der Waals surface area contributed by atoms with Crippen LogP contribution >= 0.6 is 22.9 Å². The molecule has 4 aromatic rings. The molecule has 4 rings (SSSR count). The molecule has 0 aliphatic rings. The number of hydrogen-bond acceptors (Lipinski definition) is 5. The average Bonchev–Trinajstić information content (AvgIpc) is 3.09. The van der Waals surface area contributed by atoms with Crippen LogP contribution in [0.3, 0.4) is 0 Å². The summed E-state index contributed by atoms with van der Waals surface area (Å²) in [6.45, 7) is 2.65. The van der Waals surface area contributed by atoms with E-state index in [4.69, 9.17) is 16.3 Å². The quantitative estimate of drug-likeness (QED) is 0.428. The van der Waals surface area contributed by atoms with Gasteiger partial charge in [0.1, 0.15) is 29.3 Å². The number of nitrogens with zero attached hydrogens (tertiary/aromatic N) is 2. The van der Waals surface area contributed by atoms with Crippen LogP contribution in [-0.4, -0.2) is 9.97 Å². The topological polar surface area (TPSA) is 47.0 Å². The highest BCUT2D eigenvalue weighted by Crippen LogP contribution is 2.34. The Labute approximate surface area is 166 Å². The summed E-state index contributed by atoms with van der Waals surface area (Å²) in [4.78, 5) is 9.51. The van der Waals surface area contributed by atoms with Crippen molar-refractivity contribution in [2.24, 2.45) is 0 Å². The van der Waals surface area contributed by atoms with Crippen molar-refractivity contribution < 1.29 is 4.74 Å². The van der Waals surface area contributed by atoms with Crippen LogP contribution in [0.1, 0.15) is 24.1 Å². The van der Waals surface area contributed by atoms with E-state index in [0.29, 0.717) is 11.6 Å². The highest BCUT2D eigenvalue weighted by atomic mass is 35.5. The number of rotatable bonds is 6. The predicted molar refractivity (Wildman–Crippen MR) is 112 cm³/mol. The van der Waals surface area contributed by atoms with Crippen molar-refractivity contribution >= 4 is 39.0 Å². The number of ether oxygens (including phenoxy) is 1. The first-order chi connectivity index (χ1) is 13.2. The minimum atomic E-state index is 0.0715. The Morgan fingerprint density at radius 3 is 2.63 bits per heavy atom. The van der Waals surface area contributed by atoms with Crippen LogP contribution in [0, 0.1) is 0 Å². The Morgan fingerprint density at radius 1 is 1.07 bits per heavy atom. The van der Waals surface area contributed by atoms with Crippen molar-refractivity contribution in [3.05, 3.63) is 82.5 Å². The van der Waals surface area contributed by atoms with E-state index in [2.05, 4.69) is 46.5 Å². The Bertz CT molecular complexity index is 1030. The lowest BCUT2D eigenvalue weighted by molar-refractivity contribution is 0.306. The molecule has 0 aliphatic heterocycles.